The number of hydrogen-bond donors (Lipinski definition) is 1. The van der Waals surface area contributed by atoms with E-state index in [4.69, 9.17) is 11.6 Å². The molecule has 2 aromatic heterocycles. The molecule has 2 aromatic rings. The molecular weight excluding hydrogens is 302 g/mol. The van der Waals surface area contributed by atoms with Crippen LogP contribution in [0.3, 0.4) is 0 Å². The summed E-state index contributed by atoms with van der Waals surface area (Å²) in [5.74, 6) is 0. The molecule has 0 amide bonds. The molecule has 0 radical (unpaired) electrons. The minimum absolute atomic E-state index is 0.221. The fourth-order valence-electron chi connectivity index (χ4n) is 2.82. The number of aromatic nitrogens is 4. The number of anilines is 1. The predicted molar refractivity (Wildman–Crippen MR) is 85.0 cm³/mol. The molecule has 0 unspecified atom stereocenters. The quantitative estimate of drug-likeness (QED) is 0.940. The van der Waals surface area contributed by atoms with Crippen molar-refractivity contribution in [3.63, 3.8) is 0 Å². The van der Waals surface area contributed by atoms with Crippen LogP contribution in [0.1, 0.15) is 38.4 Å². The van der Waals surface area contributed by atoms with E-state index in [0.717, 1.165) is 18.7 Å². The lowest BCUT2D eigenvalue weighted by molar-refractivity contribution is 0.0176. The third kappa shape index (κ3) is 2.80. The average Bonchev–Trinajstić information content (AvgIpc) is 2.98. The summed E-state index contributed by atoms with van der Waals surface area (Å²) in [5, 5.41) is 19.9. The summed E-state index contributed by atoms with van der Waals surface area (Å²) in [7, 11) is 0. The van der Waals surface area contributed by atoms with Crippen molar-refractivity contribution in [3.8, 4) is 0 Å². The van der Waals surface area contributed by atoms with Crippen LogP contribution in [0, 0.1) is 0 Å². The Morgan fingerprint density at radius 1 is 1.41 bits per heavy atom. The van der Waals surface area contributed by atoms with Crippen molar-refractivity contribution in [1.82, 2.24) is 20.0 Å². The maximum Gasteiger partial charge on any atom is 0.127 e. The zero-order chi connectivity index (χ0) is 15.7. The third-order valence-electron chi connectivity index (χ3n) is 4.08. The van der Waals surface area contributed by atoms with E-state index in [1.807, 2.05) is 26.1 Å². The number of halogens is 1. The van der Waals surface area contributed by atoms with E-state index in [-0.39, 0.29) is 6.04 Å². The van der Waals surface area contributed by atoms with E-state index in [0.29, 0.717) is 23.7 Å². The molecule has 1 atom stereocenters. The van der Waals surface area contributed by atoms with E-state index < -0.39 is 5.60 Å². The van der Waals surface area contributed by atoms with Gasteiger partial charge in [-0.3, -0.25) is 4.98 Å². The van der Waals surface area contributed by atoms with Gasteiger partial charge in [-0.15, -0.1) is 5.10 Å². The Morgan fingerprint density at radius 2 is 2.23 bits per heavy atom. The van der Waals surface area contributed by atoms with Crippen LogP contribution in [0.4, 0.5) is 5.69 Å². The van der Waals surface area contributed by atoms with Crippen LogP contribution >= 0.6 is 11.6 Å². The average molecular weight is 322 g/mol. The van der Waals surface area contributed by atoms with Gasteiger partial charge in [-0.05, 0) is 32.8 Å². The summed E-state index contributed by atoms with van der Waals surface area (Å²) in [5.41, 5.74) is 0.514. The standard InChI is InChI=1S/C15H20ClN5O/c1-11(2)21-9-14(18-19-21)15(22)5-3-7-20(10-15)13-4-6-17-8-12(13)16/h4,6,8-9,11,22H,3,5,7,10H2,1-2H3/t15-/m0/s1. The largest absolute Gasteiger partial charge is 0.382 e. The molecule has 0 aromatic carbocycles. The molecule has 0 aliphatic carbocycles. The van der Waals surface area contributed by atoms with Gasteiger partial charge in [-0.25, -0.2) is 4.68 Å². The predicted octanol–water partition coefficient (Wildman–Crippen LogP) is 2.40. The maximum atomic E-state index is 11.0. The van der Waals surface area contributed by atoms with Crippen LogP contribution in [-0.2, 0) is 5.60 Å². The van der Waals surface area contributed by atoms with E-state index >= 15 is 0 Å². The van der Waals surface area contributed by atoms with Gasteiger partial charge >= 0.3 is 0 Å². The van der Waals surface area contributed by atoms with Crippen molar-refractivity contribution in [2.75, 3.05) is 18.0 Å². The zero-order valence-electron chi connectivity index (χ0n) is 12.8. The van der Waals surface area contributed by atoms with Crippen molar-refractivity contribution < 1.29 is 5.11 Å². The van der Waals surface area contributed by atoms with Gasteiger partial charge in [0.15, 0.2) is 0 Å². The number of piperidine rings is 1. The lowest BCUT2D eigenvalue weighted by Crippen LogP contribution is -2.46. The molecule has 6 nitrogen and oxygen atoms in total. The first kappa shape index (κ1) is 15.2. The van der Waals surface area contributed by atoms with Crippen molar-refractivity contribution >= 4 is 17.3 Å². The highest BCUT2D eigenvalue weighted by molar-refractivity contribution is 6.33. The summed E-state index contributed by atoms with van der Waals surface area (Å²) in [4.78, 5) is 6.10. The van der Waals surface area contributed by atoms with E-state index in [9.17, 15) is 5.11 Å². The van der Waals surface area contributed by atoms with Gasteiger partial charge in [-0.2, -0.15) is 0 Å². The van der Waals surface area contributed by atoms with Crippen molar-refractivity contribution in [2.24, 2.45) is 0 Å². The Kier molecular flexibility index (Phi) is 4.06. The summed E-state index contributed by atoms with van der Waals surface area (Å²) in [6, 6.07) is 2.10. The molecule has 0 saturated carbocycles. The highest BCUT2D eigenvalue weighted by Crippen LogP contribution is 2.35. The van der Waals surface area contributed by atoms with E-state index in [1.54, 1.807) is 17.1 Å². The molecule has 1 fully saturated rings. The smallest absolute Gasteiger partial charge is 0.127 e. The van der Waals surface area contributed by atoms with Crippen LogP contribution in [-0.4, -0.2) is 38.2 Å². The Morgan fingerprint density at radius 3 is 2.91 bits per heavy atom. The zero-order valence-corrected chi connectivity index (χ0v) is 13.5. The third-order valence-corrected chi connectivity index (χ3v) is 4.37. The molecule has 22 heavy (non-hydrogen) atoms. The first-order chi connectivity index (χ1) is 10.5. The minimum Gasteiger partial charge on any atom is -0.382 e. The fraction of sp³-hybridized carbons (Fsp3) is 0.533. The van der Waals surface area contributed by atoms with Crippen LogP contribution in [0.2, 0.25) is 5.02 Å². The molecule has 1 aliphatic heterocycles. The van der Waals surface area contributed by atoms with Gasteiger partial charge in [-0.1, -0.05) is 16.8 Å². The lowest BCUT2D eigenvalue weighted by Gasteiger charge is -2.39. The van der Waals surface area contributed by atoms with Gasteiger partial charge in [0.2, 0.25) is 0 Å². The van der Waals surface area contributed by atoms with Crippen LogP contribution in [0.15, 0.2) is 24.7 Å². The Labute approximate surface area is 134 Å². The van der Waals surface area contributed by atoms with E-state index in [1.165, 1.54) is 0 Å². The topological polar surface area (TPSA) is 67.1 Å². The molecule has 1 N–H and O–H groups in total. The van der Waals surface area contributed by atoms with Crippen molar-refractivity contribution in [1.29, 1.82) is 0 Å². The number of β-amino-alcohol motifs (C(OH)–C–C–N with tert-alkyl or cyclic N) is 1. The van der Waals surface area contributed by atoms with Crippen LogP contribution in [0.25, 0.3) is 0 Å². The number of nitrogens with zero attached hydrogens (tertiary/aromatic N) is 5. The Balaban J connectivity index is 1.86. The molecule has 1 saturated heterocycles. The molecule has 7 heteroatoms. The molecule has 1 aliphatic rings. The maximum absolute atomic E-state index is 11.0. The molecule has 3 heterocycles. The first-order valence-electron chi connectivity index (χ1n) is 7.49. The summed E-state index contributed by atoms with van der Waals surface area (Å²) >= 11 is 6.22. The Hall–Kier alpha value is -1.66. The SMILES string of the molecule is CC(C)n1cc([C@]2(O)CCCN(c3ccncc3Cl)C2)nn1. The number of aliphatic hydroxyl groups is 1. The monoisotopic (exact) mass is 321 g/mol. The lowest BCUT2D eigenvalue weighted by atomic mass is 9.89. The number of rotatable bonds is 3. The van der Waals surface area contributed by atoms with Gasteiger partial charge < -0.3 is 10.0 Å². The molecule has 3 rings (SSSR count). The second kappa shape index (κ2) is 5.85. The summed E-state index contributed by atoms with van der Waals surface area (Å²) in [6.45, 7) is 5.37. The number of hydrogen-bond acceptors (Lipinski definition) is 5. The highest BCUT2D eigenvalue weighted by atomic mass is 35.5. The highest BCUT2D eigenvalue weighted by Gasteiger charge is 2.38. The van der Waals surface area contributed by atoms with Gasteiger partial charge in [0.05, 0.1) is 23.5 Å². The van der Waals surface area contributed by atoms with E-state index in [2.05, 4.69) is 20.2 Å². The second-order valence-corrected chi connectivity index (χ2v) is 6.47. The summed E-state index contributed by atoms with van der Waals surface area (Å²) in [6.07, 6.45) is 6.71. The molecular formula is C15H20ClN5O. The molecule has 0 spiro atoms. The van der Waals surface area contributed by atoms with Gasteiger partial charge in [0.1, 0.15) is 11.3 Å². The van der Waals surface area contributed by atoms with Crippen LogP contribution < -0.4 is 4.90 Å². The van der Waals surface area contributed by atoms with Crippen molar-refractivity contribution in [3.05, 3.63) is 35.4 Å². The normalized spacial score (nSPS) is 22.3. The molecule has 118 valence electrons. The molecule has 0 bridgehead atoms. The fourth-order valence-corrected chi connectivity index (χ4v) is 3.06. The van der Waals surface area contributed by atoms with Gasteiger partial charge in [0, 0.05) is 25.0 Å². The first-order valence-corrected chi connectivity index (χ1v) is 7.86. The van der Waals surface area contributed by atoms with Crippen molar-refractivity contribution in [2.45, 2.75) is 38.3 Å². The van der Waals surface area contributed by atoms with Gasteiger partial charge in [0.25, 0.3) is 0 Å². The Bertz CT molecular complexity index is 659. The summed E-state index contributed by atoms with van der Waals surface area (Å²) < 4.78 is 1.77. The minimum atomic E-state index is -1.00. The number of pyridine rings is 1. The van der Waals surface area contributed by atoms with Crippen LogP contribution in [0.5, 0.6) is 0 Å². The second-order valence-electron chi connectivity index (χ2n) is 6.06.